The summed E-state index contributed by atoms with van der Waals surface area (Å²) in [5.74, 6) is 0. The molecule has 2 aliphatic rings. The van der Waals surface area contributed by atoms with Gasteiger partial charge in [-0.2, -0.15) is 0 Å². The van der Waals surface area contributed by atoms with Crippen molar-refractivity contribution in [1.29, 1.82) is 0 Å². The molecule has 0 unspecified atom stereocenters. The molecule has 0 nitrogen and oxygen atoms in total. The van der Waals surface area contributed by atoms with Gasteiger partial charge in [-0.1, -0.05) is 110 Å². The highest BCUT2D eigenvalue weighted by atomic mass is 35.5. The van der Waals surface area contributed by atoms with Crippen LogP contribution in [0, 0.1) is 0 Å². The Morgan fingerprint density at radius 2 is 0.967 bits per heavy atom. The predicted octanol–water partition coefficient (Wildman–Crippen LogP) is 8.00. The van der Waals surface area contributed by atoms with E-state index in [9.17, 15) is 0 Å². The van der Waals surface area contributed by atoms with Crippen LogP contribution in [0.4, 0.5) is 0 Å². The molecule has 0 bridgehead atoms. The van der Waals surface area contributed by atoms with Crippen molar-refractivity contribution in [3.63, 3.8) is 0 Å². The lowest BCUT2D eigenvalue weighted by Gasteiger charge is -2.46. The maximum Gasteiger partial charge on any atom is 0.0720 e. The number of hydrogen-bond donors (Lipinski definition) is 0. The monoisotopic (exact) mass is 426 g/mol. The summed E-state index contributed by atoms with van der Waals surface area (Å²) in [4.78, 5) is 0. The van der Waals surface area contributed by atoms with Crippen molar-refractivity contribution in [3.05, 3.63) is 128 Å². The van der Waals surface area contributed by atoms with Crippen molar-refractivity contribution in [2.45, 2.75) is 24.7 Å². The topological polar surface area (TPSA) is 0 Å². The van der Waals surface area contributed by atoms with Crippen LogP contribution >= 0.6 is 23.2 Å². The highest BCUT2D eigenvalue weighted by Gasteiger charge is 2.53. The van der Waals surface area contributed by atoms with Gasteiger partial charge in [0.05, 0.1) is 15.5 Å². The van der Waals surface area contributed by atoms with Gasteiger partial charge in [-0.25, -0.2) is 0 Å². The molecule has 0 N–H and O–H groups in total. The number of rotatable bonds is 0. The highest BCUT2D eigenvalue weighted by molar-refractivity contribution is 6.42. The predicted molar refractivity (Wildman–Crippen MR) is 126 cm³/mol. The minimum Gasteiger partial charge on any atom is -0.0827 e. The van der Waals surface area contributed by atoms with E-state index in [1.807, 2.05) is 6.07 Å². The van der Waals surface area contributed by atoms with Gasteiger partial charge in [0.25, 0.3) is 0 Å². The van der Waals surface area contributed by atoms with Crippen molar-refractivity contribution >= 4 is 23.2 Å². The second-order valence-electron chi connectivity index (χ2n) is 8.82. The fourth-order valence-electron chi connectivity index (χ4n) is 5.85. The second kappa shape index (κ2) is 6.00. The van der Waals surface area contributed by atoms with Crippen LogP contribution in [0.25, 0.3) is 11.1 Å². The summed E-state index contributed by atoms with van der Waals surface area (Å²) in [5.41, 5.74) is 9.81. The molecule has 0 aromatic heterocycles. The molecule has 0 aliphatic heterocycles. The van der Waals surface area contributed by atoms with Crippen LogP contribution in [0.2, 0.25) is 10.0 Å². The van der Waals surface area contributed by atoms with Crippen molar-refractivity contribution in [3.8, 4) is 11.1 Å². The third kappa shape index (κ3) is 2.04. The molecule has 0 atom stereocenters. The van der Waals surface area contributed by atoms with Gasteiger partial charge in [-0.15, -0.1) is 0 Å². The Kier molecular flexibility index (Phi) is 3.65. The zero-order valence-electron chi connectivity index (χ0n) is 16.8. The minimum absolute atomic E-state index is 0.0909. The summed E-state index contributed by atoms with van der Waals surface area (Å²) >= 11 is 13.1. The van der Waals surface area contributed by atoms with Crippen LogP contribution in [0.15, 0.2) is 84.9 Å². The number of fused-ring (bicyclic) bond motifs is 9. The van der Waals surface area contributed by atoms with Crippen molar-refractivity contribution in [2.24, 2.45) is 0 Å². The van der Waals surface area contributed by atoms with E-state index in [1.165, 1.54) is 44.5 Å². The third-order valence-corrected chi connectivity index (χ3v) is 7.82. The van der Waals surface area contributed by atoms with Gasteiger partial charge in [-0.05, 0) is 56.6 Å². The van der Waals surface area contributed by atoms with E-state index in [2.05, 4.69) is 92.7 Å². The Morgan fingerprint density at radius 3 is 1.57 bits per heavy atom. The van der Waals surface area contributed by atoms with E-state index in [4.69, 9.17) is 23.2 Å². The van der Waals surface area contributed by atoms with Crippen molar-refractivity contribution in [2.75, 3.05) is 0 Å². The molecule has 6 rings (SSSR count). The molecule has 1 spiro atoms. The van der Waals surface area contributed by atoms with E-state index in [0.29, 0.717) is 10.0 Å². The van der Waals surface area contributed by atoms with Gasteiger partial charge in [0, 0.05) is 5.41 Å². The van der Waals surface area contributed by atoms with Gasteiger partial charge in [0.2, 0.25) is 0 Å². The van der Waals surface area contributed by atoms with Crippen LogP contribution in [0.3, 0.4) is 0 Å². The Bertz CT molecular complexity index is 1300. The first-order valence-corrected chi connectivity index (χ1v) is 11.0. The summed E-state index contributed by atoms with van der Waals surface area (Å²) in [6, 6.07) is 30.6. The van der Waals surface area contributed by atoms with E-state index >= 15 is 0 Å². The first-order valence-electron chi connectivity index (χ1n) is 10.3. The van der Waals surface area contributed by atoms with Crippen molar-refractivity contribution in [1.82, 2.24) is 0 Å². The maximum absolute atomic E-state index is 6.62. The maximum atomic E-state index is 6.62. The number of benzene rings is 4. The minimum atomic E-state index is -0.400. The molecule has 146 valence electrons. The van der Waals surface area contributed by atoms with Crippen LogP contribution in [0.1, 0.15) is 47.2 Å². The summed E-state index contributed by atoms with van der Waals surface area (Å²) in [6.45, 7) is 4.66. The average Bonchev–Trinajstić information content (AvgIpc) is 3.03. The lowest BCUT2D eigenvalue weighted by molar-refractivity contribution is 0.563. The fourth-order valence-corrected chi connectivity index (χ4v) is 6.18. The summed E-state index contributed by atoms with van der Waals surface area (Å²) < 4.78 is 0. The molecular weight excluding hydrogens is 407 g/mol. The van der Waals surface area contributed by atoms with Gasteiger partial charge in [0.1, 0.15) is 0 Å². The Balaban J connectivity index is 1.89. The molecule has 0 saturated heterocycles. The Hall–Kier alpha value is -2.54. The summed E-state index contributed by atoms with van der Waals surface area (Å²) in [7, 11) is 0. The van der Waals surface area contributed by atoms with Crippen LogP contribution in [-0.2, 0) is 10.8 Å². The van der Waals surface area contributed by atoms with Crippen molar-refractivity contribution < 1.29 is 0 Å². The molecule has 30 heavy (non-hydrogen) atoms. The second-order valence-corrected chi connectivity index (χ2v) is 9.64. The number of halogens is 2. The first-order chi connectivity index (χ1) is 14.5. The van der Waals surface area contributed by atoms with E-state index < -0.39 is 5.41 Å². The fraction of sp³-hybridized carbons (Fsp3) is 0.143. The van der Waals surface area contributed by atoms with Gasteiger partial charge < -0.3 is 0 Å². The largest absolute Gasteiger partial charge is 0.0827 e. The van der Waals surface area contributed by atoms with Gasteiger partial charge in [-0.3, -0.25) is 0 Å². The summed E-state index contributed by atoms with van der Waals surface area (Å²) in [5, 5.41) is 1.20. The molecule has 4 aromatic rings. The Morgan fingerprint density at radius 1 is 0.500 bits per heavy atom. The Labute approximate surface area is 187 Å². The average molecular weight is 427 g/mol. The SMILES string of the molecule is CC1(C)c2ccccc2C2(c3ccccc3-c3cc(Cl)c(Cl)cc32)c2ccccc21. The molecule has 0 radical (unpaired) electrons. The first kappa shape index (κ1) is 18.2. The van der Waals surface area contributed by atoms with E-state index in [-0.39, 0.29) is 5.41 Å². The number of hydrogen-bond acceptors (Lipinski definition) is 0. The molecule has 0 heterocycles. The molecule has 2 heteroatoms. The zero-order valence-corrected chi connectivity index (χ0v) is 18.4. The van der Waals surface area contributed by atoms with Gasteiger partial charge >= 0.3 is 0 Å². The van der Waals surface area contributed by atoms with Crippen LogP contribution < -0.4 is 0 Å². The smallest absolute Gasteiger partial charge is 0.0720 e. The molecule has 0 saturated carbocycles. The standard InChI is InChI=1S/C28H20Cl2/c1-27(2)20-11-5-7-13-22(20)28(23-14-8-6-12-21(23)27)19-10-4-3-9-17(19)18-15-25(29)26(30)16-24(18)28/h3-16H,1-2H3. The van der Waals surface area contributed by atoms with E-state index in [0.717, 1.165) is 0 Å². The quantitative estimate of drug-likeness (QED) is 0.235. The lowest BCUT2D eigenvalue weighted by Crippen LogP contribution is -2.40. The molecule has 0 amide bonds. The van der Waals surface area contributed by atoms with E-state index in [1.54, 1.807) is 0 Å². The zero-order chi connectivity index (χ0) is 20.7. The molecular formula is C28H20Cl2. The van der Waals surface area contributed by atoms with Crippen LogP contribution in [-0.4, -0.2) is 0 Å². The molecule has 2 aliphatic carbocycles. The highest BCUT2D eigenvalue weighted by Crippen LogP contribution is 2.62. The lowest BCUT2D eigenvalue weighted by atomic mass is 9.55. The van der Waals surface area contributed by atoms with Crippen LogP contribution in [0.5, 0.6) is 0 Å². The summed E-state index contributed by atoms with van der Waals surface area (Å²) in [6.07, 6.45) is 0. The third-order valence-electron chi connectivity index (χ3n) is 7.09. The van der Waals surface area contributed by atoms with Gasteiger partial charge in [0.15, 0.2) is 0 Å². The molecule has 4 aromatic carbocycles. The molecule has 0 fully saturated rings. The normalized spacial score (nSPS) is 16.5.